The van der Waals surface area contributed by atoms with Gasteiger partial charge in [-0.1, -0.05) is 29.8 Å². The molecule has 0 spiro atoms. The number of carbonyl (C=O) groups is 1. The van der Waals surface area contributed by atoms with Gasteiger partial charge in [0.25, 0.3) is 5.91 Å². The van der Waals surface area contributed by atoms with Gasteiger partial charge in [0.2, 0.25) is 0 Å². The number of hydrogen-bond acceptors (Lipinski definition) is 2. The minimum atomic E-state index is -0.0272. The van der Waals surface area contributed by atoms with Crippen molar-refractivity contribution in [2.45, 2.75) is 32.2 Å². The number of nitrogens with zero attached hydrogens (tertiary/aromatic N) is 1. The summed E-state index contributed by atoms with van der Waals surface area (Å²) in [6, 6.07) is 8.57. The molecule has 0 unspecified atom stereocenters. The summed E-state index contributed by atoms with van der Waals surface area (Å²) in [5.41, 5.74) is 6.67. The highest BCUT2D eigenvalue weighted by Gasteiger charge is 2.24. The molecule has 4 rings (SSSR count). The quantitative estimate of drug-likeness (QED) is 0.913. The summed E-state index contributed by atoms with van der Waals surface area (Å²) in [5.74, 6) is -0.0272. The van der Waals surface area contributed by atoms with Gasteiger partial charge in [-0.15, -0.1) is 0 Å². The Kier molecular flexibility index (Phi) is 3.07. The van der Waals surface area contributed by atoms with Crippen LogP contribution in [0, 0.1) is 6.92 Å². The average Bonchev–Trinajstić information content (AvgIpc) is 3.13. The molecule has 2 aromatic rings. The molecule has 22 heavy (non-hydrogen) atoms. The minimum absolute atomic E-state index is 0. The van der Waals surface area contributed by atoms with Gasteiger partial charge in [-0.3, -0.25) is 9.78 Å². The Balaban J connectivity index is 0.00000104. The van der Waals surface area contributed by atoms with Crippen LogP contribution < -0.4 is 5.32 Å². The highest BCUT2D eigenvalue weighted by molar-refractivity contribution is 5.94. The van der Waals surface area contributed by atoms with E-state index in [2.05, 4.69) is 41.5 Å². The minimum Gasteiger partial charge on any atom is -0.345 e. The number of fused-ring (bicyclic) bond motifs is 2. The van der Waals surface area contributed by atoms with Crippen molar-refractivity contribution in [3.63, 3.8) is 0 Å². The highest BCUT2D eigenvalue weighted by Crippen LogP contribution is 2.32. The molecule has 1 aromatic carbocycles. The number of benzene rings is 1. The van der Waals surface area contributed by atoms with E-state index in [0.717, 1.165) is 30.5 Å². The molecule has 0 saturated carbocycles. The number of aromatic nitrogens is 1. The summed E-state index contributed by atoms with van der Waals surface area (Å²) in [7, 11) is 0. The molecule has 114 valence electrons. The second-order valence-corrected chi connectivity index (χ2v) is 6.14. The van der Waals surface area contributed by atoms with E-state index in [-0.39, 0.29) is 14.8 Å². The zero-order valence-corrected chi connectivity index (χ0v) is 12.6. The van der Waals surface area contributed by atoms with Crippen LogP contribution in [0.15, 0.2) is 36.5 Å². The lowest BCUT2D eigenvalue weighted by molar-refractivity contribution is 0.0936. The van der Waals surface area contributed by atoms with Crippen molar-refractivity contribution in [1.82, 2.24) is 10.3 Å². The first-order valence-electron chi connectivity index (χ1n) is 7.76. The van der Waals surface area contributed by atoms with Gasteiger partial charge < -0.3 is 5.32 Å². The SMILES string of the molecule is Cc1ccc2c(c1)CC[C@H]2NC(=O)c1cnc2c(c1)CC=C2.[HH].[HH]. The van der Waals surface area contributed by atoms with E-state index in [4.69, 9.17) is 0 Å². The van der Waals surface area contributed by atoms with Gasteiger partial charge in [0.15, 0.2) is 0 Å². The molecule has 0 fully saturated rings. The molecule has 1 heterocycles. The van der Waals surface area contributed by atoms with Gasteiger partial charge in [0, 0.05) is 9.05 Å². The van der Waals surface area contributed by atoms with Crippen molar-refractivity contribution >= 4 is 12.0 Å². The first-order valence-corrected chi connectivity index (χ1v) is 7.76. The van der Waals surface area contributed by atoms with Crippen LogP contribution in [0.4, 0.5) is 0 Å². The normalized spacial score (nSPS) is 18.1. The predicted octanol–water partition coefficient (Wildman–Crippen LogP) is 3.87. The Morgan fingerprint density at radius 2 is 2.23 bits per heavy atom. The van der Waals surface area contributed by atoms with Gasteiger partial charge in [-0.2, -0.15) is 0 Å². The fraction of sp³-hybridized carbons (Fsp3) is 0.263. The fourth-order valence-electron chi connectivity index (χ4n) is 3.39. The number of carbonyl (C=O) groups excluding carboxylic acids is 1. The lowest BCUT2D eigenvalue weighted by atomic mass is 10.0. The van der Waals surface area contributed by atoms with Crippen LogP contribution in [0.3, 0.4) is 0 Å². The largest absolute Gasteiger partial charge is 0.345 e. The van der Waals surface area contributed by atoms with Crippen LogP contribution in [-0.4, -0.2) is 10.9 Å². The molecule has 0 bridgehead atoms. The van der Waals surface area contributed by atoms with E-state index in [1.165, 1.54) is 16.7 Å². The third-order valence-corrected chi connectivity index (χ3v) is 4.56. The first-order chi connectivity index (χ1) is 10.7. The highest BCUT2D eigenvalue weighted by atomic mass is 16.1. The lowest BCUT2D eigenvalue weighted by Gasteiger charge is -2.14. The number of aryl methyl sites for hydroxylation is 2. The molecule has 3 nitrogen and oxygen atoms in total. The molecule has 0 saturated heterocycles. The number of amides is 1. The van der Waals surface area contributed by atoms with E-state index in [9.17, 15) is 4.79 Å². The van der Waals surface area contributed by atoms with Gasteiger partial charge in [0.1, 0.15) is 0 Å². The molecule has 1 amide bonds. The molecule has 0 radical (unpaired) electrons. The number of nitrogens with one attached hydrogen (secondary N) is 1. The Bertz CT molecular complexity index is 802. The summed E-state index contributed by atoms with van der Waals surface area (Å²) in [6.07, 6.45) is 8.64. The fourth-order valence-corrected chi connectivity index (χ4v) is 3.39. The van der Waals surface area contributed by atoms with Gasteiger partial charge in [0.05, 0.1) is 17.3 Å². The van der Waals surface area contributed by atoms with Crippen LogP contribution in [0.5, 0.6) is 0 Å². The van der Waals surface area contributed by atoms with E-state index in [1.54, 1.807) is 6.20 Å². The Hall–Kier alpha value is -2.42. The summed E-state index contributed by atoms with van der Waals surface area (Å²) in [5, 5.41) is 3.16. The van der Waals surface area contributed by atoms with Crippen molar-refractivity contribution in [3.8, 4) is 0 Å². The maximum absolute atomic E-state index is 12.5. The number of pyridine rings is 1. The monoisotopic (exact) mass is 294 g/mol. The lowest BCUT2D eigenvalue weighted by Crippen LogP contribution is -2.27. The van der Waals surface area contributed by atoms with Gasteiger partial charge in [-0.25, -0.2) is 0 Å². The molecule has 1 atom stereocenters. The van der Waals surface area contributed by atoms with E-state index in [1.807, 2.05) is 12.1 Å². The van der Waals surface area contributed by atoms with Crippen molar-refractivity contribution in [1.29, 1.82) is 0 Å². The summed E-state index contributed by atoms with van der Waals surface area (Å²) in [4.78, 5) is 16.9. The molecule has 3 heteroatoms. The Morgan fingerprint density at radius 3 is 3.14 bits per heavy atom. The summed E-state index contributed by atoms with van der Waals surface area (Å²) in [6.45, 7) is 2.11. The second-order valence-electron chi connectivity index (χ2n) is 6.14. The van der Waals surface area contributed by atoms with Crippen LogP contribution >= 0.6 is 0 Å². The standard InChI is InChI=1S/C19H18N2O.2H2/c1-12-5-7-16-13(9-12)6-8-18(16)21-19(22)15-10-14-3-2-4-17(14)20-11-15;;/h2,4-5,7,9-11,18H,3,6,8H2,1H3,(H,21,22);2*1H/t18-;;/m1../s1. The van der Waals surface area contributed by atoms with Gasteiger partial charge >= 0.3 is 0 Å². The van der Waals surface area contributed by atoms with Gasteiger partial charge in [-0.05, 0) is 55.0 Å². The smallest absolute Gasteiger partial charge is 0.253 e. The summed E-state index contributed by atoms with van der Waals surface area (Å²) >= 11 is 0. The van der Waals surface area contributed by atoms with Crippen molar-refractivity contribution < 1.29 is 7.65 Å². The zero-order chi connectivity index (χ0) is 15.1. The topological polar surface area (TPSA) is 42.0 Å². The molecule has 2 aliphatic rings. The average molecular weight is 294 g/mol. The third-order valence-electron chi connectivity index (χ3n) is 4.56. The van der Waals surface area contributed by atoms with Crippen molar-refractivity contribution in [3.05, 3.63) is 70.0 Å². The summed E-state index contributed by atoms with van der Waals surface area (Å²) < 4.78 is 0. The molecule has 1 N–H and O–H groups in total. The molecular weight excluding hydrogens is 272 g/mol. The number of hydrogen-bond donors (Lipinski definition) is 1. The van der Waals surface area contributed by atoms with E-state index >= 15 is 0 Å². The molecule has 2 aliphatic carbocycles. The molecule has 0 aliphatic heterocycles. The number of allylic oxidation sites excluding steroid dienone is 1. The van der Waals surface area contributed by atoms with E-state index < -0.39 is 0 Å². The van der Waals surface area contributed by atoms with Crippen LogP contribution in [0.1, 0.15) is 53.6 Å². The number of rotatable bonds is 2. The van der Waals surface area contributed by atoms with Crippen LogP contribution in [-0.2, 0) is 12.8 Å². The van der Waals surface area contributed by atoms with Crippen molar-refractivity contribution in [2.24, 2.45) is 0 Å². The Labute approximate surface area is 133 Å². The van der Waals surface area contributed by atoms with E-state index in [0.29, 0.717) is 5.56 Å². The third kappa shape index (κ3) is 2.23. The van der Waals surface area contributed by atoms with Crippen molar-refractivity contribution in [2.75, 3.05) is 0 Å². The second kappa shape index (κ2) is 5.09. The Morgan fingerprint density at radius 1 is 1.32 bits per heavy atom. The predicted molar refractivity (Wildman–Crippen MR) is 90.9 cm³/mol. The first kappa shape index (κ1) is 13.3. The maximum atomic E-state index is 12.5. The zero-order valence-electron chi connectivity index (χ0n) is 12.6. The molecular formula is C19H22N2O. The molecule has 1 aromatic heterocycles. The maximum Gasteiger partial charge on any atom is 0.253 e. The van der Waals surface area contributed by atoms with Crippen LogP contribution in [0.25, 0.3) is 6.08 Å². The van der Waals surface area contributed by atoms with Crippen LogP contribution in [0.2, 0.25) is 0 Å².